The van der Waals surface area contributed by atoms with Crippen LogP contribution in [-0.4, -0.2) is 36.9 Å². The number of hydrogen-bond donors (Lipinski definition) is 2. The molecule has 0 heterocycles. The van der Waals surface area contributed by atoms with Crippen molar-refractivity contribution in [3.8, 4) is 11.5 Å². The first-order valence-electron chi connectivity index (χ1n) is 7.34. The van der Waals surface area contributed by atoms with E-state index >= 15 is 0 Å². The number of carbonyl (C=O) groups excluding carboxylic acids is 1. The van der Waals surface area contributed by atoms with E-state index in [0.717, 1.165) is 5.56 Å². The highest BCUT2D eigenvalue weighted by Gasteiger charge is 2.19. The van der Waals surface area contributed by atoms with Gasteiger partial charge in [0.15, 0.2) is 11.5 Å². The Morgan fingerprint density at radius 1 is 1.43 bits per heavy atom. The molecule has 0 aliphatic carbocycles. The molecule has 1 rings (SSSR count). The zero-order valence-electron chi connectivity index (χ0n) is 14.0. The van der Waals surface area contributed by atoms with Gasteiger partial charge in [0.2, 0.25) is 1.43 Å². The summed E-state index contributed by atoms with van der Waals surface area (Å²) in [5.74, 6) is -0.0734. The first kappa shape index (κ1) is 15.6. The van der Waals surface area contributed by atoms with Crippen molar-refractivity contribution in [3.63, 3.8) is 0 Å². The Labute approximate surface area is 127 Å². The van der Waals surface area contributed by atoms with Crippen molar-refractivity contribution in [1.82, 2.24) is 0 Å². The van der Waals surface area contributed by atoms with Gasteiger partial charge in [0.05, 0.1) is 7.11 Å². The summed E-state index contributed by atoms with van der Waals surface area (Å²) >= 11 is 0. The van der Waals surface area contributed by atoms with Crippen molar-refractivity contribution >= 4 is 5.97 Å². The maximum absolute atomic E-state index is 11.8. The van der Waals surface area contributed by atoms with Crippen LogP contribution in [0, 0.1) is 0 Å². The molecule has 118 valence electrons. The van der Waals surface area contributed by atoms with Gasteiger partial charge in [0.1, 0.15) is 5.60 Å². The average Bonchev–Trinajstić information content (AvgIpc) is 2.41. The van der Waals surface area contributed by atoms with Crippen LogP contribution in [0.4, 0.5) is 0 Å². The number of methoxy groups -OCH3 is 1. The molecule has 0 fully saturated rings. The van der Waals surface area contributed by atoms with Crippen LogP contribution in [0.1, 0.15) is 45.1 Å². The largest absolute Gasteiger partial charge is 0.504 e. The predicted octanol–water partition coefficient (Wildman–Crippen LogP) is 2.60. The van der Waals surface area contributed by atoms with Gasteiger partial charge in [-0.3, -0.25) is 4.79 Å². The topological polar surface area (TPSA) is 76.0 Å². The molecule has 0 bridgehead atoms. The molecule has 0 saturated carbocycles. The lowest BCUT2D eigenvalue weighted by Gasteiger charge is -2.21. The zero-order chi connectivity index (χ0) is 16.8. The minimum Gasteiger partial charge on any atom is -0.504 e. The molecular formula is C16H24O5. The molecule has 0 radical (unpaired) electrons. The number of rotatable bonds is 7. The van der Waals surface area contributed by atoms with Crippen LogP contribution >= 0.6 is 0 Å². The van der Waals surface area contributed by atoms with Crippen molar-refractivity contribution < 1.29 is 24.5 Å². The number of aromatic hydroxyl groups is 1. The maximum atomic E-state index is 11.8. The molecule has 1 atom stereocenters. The van der Waals surface area contributed by atoms with Crippen LogP contribution in [0.3, 0.4) is 0 Å². The minimum absolute atomic E-state index is 0.0206. The van der Waals surface area contributed by atoms with Crippen LogP contribution in [0.2, 0.25) is 0 Å². The summed E-state index contributed by atoms with van der Waals surface area (Å²) < 4.78 is 17.2. The number of aliphatic hydroxyl groups excluding tert-OH is 1. The fraction of sp³-hybridized carbons (Fsp3) is 0.562. The lowest BCUT2D eigenvalue weighted by atomic mass is 9.94. The zero-order valence-corrected chi connectivity index (χ0v) is 13.0. The minimum atomic E-state index is -0.517. The van der Waals surface area contributed by atoms with Gasteiger partial charge in [0.25, 0.3) is 0 Å². The van der Waals surface area contributed by atoms with Gasteiger partial charge in [-0.15, -0.1) is 0 Å². The van der Waals surface area contributed by atoms with Crippen molar-refractivity contribution in [2.24, 2.45) is 0 Å². The van der Waals surface area contributed by atoms with Gasteiger partial charge in [-0.25, -0.2) is 0 Å². The Balaban J connectivity index is 2.73. The molecule has 0 aromatic heterocycles. The lowest BCUT2D eigenvalue weighted by Crippen LogP contribution is -2.24. The number of carbonyl (C=O) groups is 1. The molecule has 0 saturated heterocycles. The molecule has 5 heteroatoms. The molecule has 1 aromatic rings. The van der Waals surface area contributed by atoms with E-state index in [9.17, 15) is 9.90 Å². The van der Waals surface area contributed by atoms with Crippen molar-refractivity contribution in [3.05, 3.63) is 23.8 Å². The molecule has 0 unspecified atom stereocenters. The van der Waals surface area contributed by atoms with Gasteiger partial charge < -0.3 is 19.7 Å². The summed E-state index contributed by atoms with van der Waals surface area (Å²) in [4.78, 5) is 11.8. The molecule has 0 aliphatic rings. The molecule has 0 aliphatic heterocycles. The van der Waals surface area contributed by atoms with Gasteiger partial charge >= 0.3 is 5.97 Å². The Hall–Kier alpha value is -1.75. The number of phenols is 1. The number of ether oxygens (including phenoxy) is 2. The van der Waals surface area contributed by atoms with E-state index in [1.54, 1.807) is 18.2 Å². The Morgan fingerprint density at radius 3 is 2.67 bits per heavy atom. The SMILES string of the molecule is [3H]OC[C@@H](CCC(=O)OC(C)(C)C)c1ccc(OC)c(O)c1. The second kappa shape index (κ2) is 7.31. The van der Waals surface area contributed by atoms with Crippen LogP contribution in [0.5, 0.6) is 11.5 Å². The van der Waals surface area contributed by atoms with E-state index in [1.807, 2.05) is 20.8 Å². The van der Waals surface area contributed by atoms with E-state index in [0.29, 0.717) is 12.2 Å². The first-order valence-corrected chi connectivity index (χ1v) is 6.93. The maximum Gasteiger partial charge on any atom is 0.306 e. The third kappa shape index (κ3) is 5.63. The Bertz CT molecular complexity index is 496. The van der Waals surface area contributed by atoms with E-state index < -0.39 is 5.60 Å². The lowest BCUT2D eigenvalue weighted by molar-refractivity contribution is -0.155. The summed E-state index contributed by atoms with van der Waals surface area (Å²) in [6.45, 7) is 5.58. The molecule has 2 N–H and O–H groups in total. The number of benzene rings is 1. The van der Waals surface area contributed by atoms with Crippen LogP contribution in [0.15, 0.2) is 18.2 Å². The first-order chi connectivity index (χ1) is 10.3. The Kier molecular flexibility index (Phi) is 5.44. The highest BCUT2D eigenvalue weighted by atomic mass is 16.6. The second-order valence-electron chi connectivity index (χ2n) is 5.92. The average molecular weight is 298 g/mol. The van der Waals surface area contributed by atoms with Crippen LogP contribution in [0.25, 0.3) is 0 Å². The quantitative estimate of drug-likeness (QED) is 0.757. The predicted molar refractivity (Wildman–Crippen MR) is 79.6 cm³/mol. The van der Waals surface area contributed by atoms with Crippen molar-refractivity contribution in [2.75, 3.05) is 13.7 Å². The fourth-order valence-electron chi connectivity index (χ4n) is 1.99. The third-order valence-corrected chi connectivity index (χ3v) is 2.99. The normalized spacial score (nSPS) is 13.4. The summed E-state index contributed by atoms with van der Waals surface area (Å²) in [5.41, 5.74) is 0.269. The molecule has 0 spiro atoms. The molecule has 0 amide bonds. The molecule has 21 heavy (non-hydrogen) atoms. The summed E-state index contributed by atoms with van der Waals surface area (Å²) in [5, 5.41) is 14.3. The molecular weight excluding hydrogens is 272 g/mol. The number of aliphatic hydroxyl groups is 1. The molecule has 1 aromatic carbocycles. The Morgan fingerprint density at radius 2 is 2.14 bits per heavy atom. The monoisotopic (exact) mass is 298 g/mol. The van der Waals surface area contributed by atoms with Gasteiger partial charge in [-0.1, -0.05) is 6.07 Å². The fourth-order valence-corrected chi connectivity index (χ4v) is 1.99. The van der Waals surface area contributed by atoms with E-state index in [1.165, 1.54) is 7.11 Å². The number of esters is 1. The van der Waals surface area contributed by atoms with Gasteiger partial charge in [0, 0.05) is 18.9 Å². The number of hydrogen-bond acceptors (Lipinski definition) is 5. The van der Waals surface area contributed by atoms with Crippen molar-refractivity contribution in [2.45, 2.75) is 45.1 Å². The standard InChI is InChI=1S/C16H24O5/c1-16(2,3)21-15(19)8-6-12(10-17)11-5-7-14(20-4)13(18)9-11/h5,7,9,12,17-18H,6,8,10H2,1-4H3/t12-/m1/s1/i17T. The van der Waals surface area contributed by atoms with Gasteiger partial charge in [-0.05, 0) is 44.9 Å². The number of phenolic OH excluding ortho intramolecular Hbond substituents is 1. The highest BCUT2D eigenvalue weighted by molar-refractivity contribution is 5.69. The van der Waals surface area contributed by atoms with E-state index in [2.05, 4.69) is 5.11 Å². The van der Waals surface area contributed by atoms with Crippen LogP contribution in [-0.2, 0) is 9.53 Å². The molecule has 5 nitrogen and oxygen atoms in total. The second-order valence-corrected chi connectivity index (χ2v) is 5.92. The summed E-state index contributed by atoms with van der Waals surface area (Å²) in [7, 11) is 1.47. The van der Waals surface area contributed by atoms with Gasteiger partial charge in [-0.2, -0.15) is 0 Å². The highest BCUT2D eigenvalue weighted by Crippen LogP contribution is 2.31. The van der Waals surface area contributed by atoms with E-state index in [-0.39, 0.29) is 30.7 Å². The third-order valence-electron chi connectivity index (χ3n) is 2.99. The smallest absolute Gasteiger partial charge is 0.306 e. The summed E-state index contributed by atoms with van der Waals surface area (Å²) in [6.07, 6.45) is 0.692. The van der Waals surface area contributed by atoms with Crippen LogP contribution < -0.4 is 4.74 Å². The van der Waals surface area contributed by atoms with Crippen molar-refractivity contribution in [1.29, 1.82) is 1.43 Å². The van der Waals surface area contributed by atoms with E-state index in [4.69, 9.17) is 10.9 Å². The summed E-state index contributed by atoms with van der Waals surface area (Å²) in [6, 6.07) is 5.00.